The topological polar surface area (TPSA) is 85.4 Å². The summed E-state index contributed by atoms with van der Waals surface area (Å²) in [4.78, 5) is 14.8. The molecule has 1 heterocycles. The predicted octanol–water partition coefficient (Wildman–Crippen LogP) is 3.71. The van der Waals surface area contributed by atoms with Crippen LogP contribution in [0.5, 0.6) is 0 Å². The molecule has 30 heavy (non-hydrogen) atoms. The number of amides is 1. The number of carbonyl (C=O) groups excluding carboxylic acids is 1. The van der Waals surface area contributed by atoms with E-state index in [1.165, 1.54) is 24.3 Å². The lowest BCUT2D eigenvalue weighted by atomic mass is 10.1. The molecule has 0 saturated heterocycles. The van der Waals surface area contributed by atoms with Gasteiger partial charge in [0.15, 0.2) is 0 Å². The molecule has 8 heteroatoms. The van der Waals surface area contributed by atoms with E-state index in [0.29, 0.717) is 5.56 Å². The first kappa shape index (κ1) is 21.7. The number of nitrogens with zero attached hydrogens (tertiary/aromatic N) is 2. The second kappa shape index (κ2) is 8.04. The maximum atomic E-state index is 13.3. The Balaban J connectivity index is 1.89. The van der Waals surface area contributed by atoms with Gasteiger partial charge in [0.2, 0.25) is 10.0 Å². The standard InChI is InChI=1S/C22H24FN3O3S/c1-14-13-21(16(3)26(14)19-9-7-18(23)8-10-19)22(27)25(4)15(2)17-5-11-20(12-6-17)30(24,28)29/h5-13,15H,1-4H3,(H2,24,28,29). The molecule has 0 radical (unpaired) electrons. The Morgan fingerprint density at radius 2 is 1.63 bits per heavy atom. The number of carbonyl (C=O) groups is 1. The number of primary sulfonamides is 1. The number of nitrogens with two attached hydrogens (primary N) is 1. The average molecular weight is 430 g/mol. The molecule has 0 aliphatic rings. The number of halogens is 1. The third kappa shape index (κ3) is 4.15. The molecule has 0 bridgehead atoms. The Morgan fingerprint density at radius 3 is 2.17 bits per heavy atom. The number of aryl methyl sites for hydroxylation is 1. The molecule has 0 spiro atoms. The fourth-order valence-corrected chi connectivity index (χ4v) is 4.01. The summed E-state index contributed by atoms with van der Waals surface area (Å²) >= 11 is 0. The molecule has 158 valence electrons. The molecule has 6 nitrogen and oxygen atoms in total. The summed E-state index contributed by atoms with van der Waals surface area (Å²) in [6.07, 6.45) is 0. The minimum atomic E-state index is -3.77. The average Bonchev–Trinajstić information content (AvgIpc) is 3.00. The molecule has 0 aliphatic carbocycles. The van der Waals surface area contributed by atoms with Gasteiger partial charge in [-0.15, -0.1) is 0 Å². The highest BCUT2D eigenvalue weighted by atomic mass is 32.2. The van der Waals surface area contributed by atoms with Crippen molar-refractivity contribution in [1.82, 2.24) is 9.47 Å². The van der Waals surface area contributed by atoms with Crippen molar-refractivity contribution in [2.24, 2.45) is 5.14 Å². The minimum absolute atomic E-state index is 0.0234. The summed E-state index contributed by atoms with van der Waals surface area (Å²) in [5, 5.41) is 5.14. The summed E-state index contributed by atoms with van der Waals surface area (Å²) in [5.74, 6) is -0.487. The van der Waals surface area contributed by atoms with E-state index in [1.807, 2.05) is 31.4 Å². The van der Waals surface area contributed by atoms with E-state index >= 15 is 0 Å². The minimum Gasteiger partial charge on any atom is -0.335 e. The van der Waals surface area contributed by atoms with Gasteiger partial charge in [-0.2, -0.15) is 0 Å². The molecule has 1 unspecified atom stereocenters. The zero-order chi connectivity index (χ0) is 22.2. The normalized spacial score (nSPS) is 12.6. The van der Waals surface area contributed by atoms with Gasteiger partial charge in [0, 0.05) is 24.1 Å². The van der Waals surface area contributed by atoms with Crippen molar-refractivity contribution in [3.8, 4) is 5.69 Å². The molecule has 0 saturated carbocycles. The van der Waals surface area contributed by atoms with E-state index in [0.717, 1.165) is 22.6 Å². The van der Waals surface area contributed by atoms with Gasteiger partial charge in [-0.3, -0.25) is 4.79 Å². The monoisotopic (exact) mass is 429 g/mol. The van der Waals surface area contributed by atoms with Crippen LogP contribution >= 0.6 is 0 Å². The van der Waals surface area contributed by atoms with Gasteiger partial charge in [0.25, 0.3) is 5.91 Å². The van der Waals surface area contributed by atoms with E-state index in [-0.39, 0.29) is 22.7 Å². The van der Waals surface area contributed by atoms with Crippen LogP contribution in [0.1, 0.15) is 40.3 Å². The van der Waals surface area contributed by atoms with Crippen LogP contribution < -0.4 is 5.14 Å². The molecule has 0 fully saturated rings. The van der Waals surface area contributed by atoms with Crippen molar-refractivity contribution in [1.29, 1.82) is 0 Å². The molecule has 1 aromatic heterocycles. The van der Waals surface area contributed by atoms with Gasteiger partial charge < -0.3 is 9.47 Å². The Bertz CT molecular complexity index is 1180. The third-order valence-corrected chi connectivity index (χ3v) is 6.27. The molecule has 0 aliphatic heterocycles. The van der Waals surface area contributed by atoms with Crippen LogP contribution in [0.2, 0.25) is 0 Å². The number of rotatable bonds is 5. The molecule has 3 aromatic rings. The lowest BCUT2D eigenvalue weighted by Crippen LogP contribution is -2.30. The number of benzene rings is 2. The summed E-state index contributed by atoms with van der Waals surface area (Å²) < 4.78 is 38.1. The molecule has 1 amide bonds. The second-order valence-electron chi connectivity index (χ2n) is 7.30. The Labute approximate surface area is 175 Å². The number of hydrogen-bond donors (Lipinski definition) is 1. The first-order chi connectivity index (χ1) is 14.0. The van der Waals surface area contributed by atoms with E-state index in [4.69, 9.17) is 5.14 Å². The van der Waals surface area contributed by atoms with E-state index in [2.05, 4.69) is 0 Å². The maximum absolute atomic E-state index is 13.3. The first-order valence-electron chi connectivity index (χ1n) is 9.35. The molecule has 1 atom stereocenters. The predicted molar refractivity (Wildman–Crippen MR) is 114 cm³/mol. The van der Waals surface area contributed by atoms with Crippen molar-refractivity contribution in [3.05, 3.63) is 82.9 Å². The fraction of sp³-hybridized carbons (Fsp3) is 0.227. The zero-order valence-corrected chi connectivity index (χ0v) is 18.1. The quantitative estimate of drug-likeness (QED) is 0.671. The van der Waals surface area contributed by atoms with Gasteiger partial charge in [-0.05, 0) is 68.8 Å². The summed E-state index contributed by atoms with van der Waals surface area (Å²) in [6.45, 7) is 5.61. The Morgan fingerprint density at radius 1 is 1.07 bits per heavy atom. The SMILES string of the molecule is Cc1cc(C(=O)N(C)C(C)c2ccc(S(N)(=O)=O)cc2)c(C)n1-c1ccc(F)cc1. The van der Waals surface area contributed by atoms with Gasteiger partial charge in [-0.1, -0.05) is 12.1 Å². The zero-order valence-electron chi connectivity index (χ0n) is 17.3. The highest BCUT2D eigenvalue weighted by Gasteiger charge is 2.24. The van der Waals surface area contributed by atoms with Gasteiger partial charge in [0.05, 0.1) is 16.5 Å². The molecule has 2 N–H and O–H groups in total. The van der Waals surface area contributed by atoms with Gasteiger partial charge >= 0.3 is 0 Å². The Hall–Kier alpha value is -2.97. The first-order valence-corrected chi connectivity index (χ1v) is 10.9. The van der Waals surface area contributed by atoms with E-state index in [1.54, 1.807) is 36.2 Å². The van der Waals surface area contributed by atoms with E-state index < -0.39 is 10.0 Å². The van der Waals surface area contributed by atoms with Crippen molar-refractivity contribution in [2.75, 3.05) is 7.05 Å². The van der Waals surface area contributed by atoms with Crippen molar-refractivity contribution in [2.45, 2.75) is 31.7 Å². The summed E-state index contributed by atoms with van der Waals surface area (Å²) in [6, 6.07) is 13.8. The lowest BCUT2D eigenvalue weighted by molar-refractivity contribution is 0.0742. The highest BCUT2D eigenvalue weighted by molar-refractivity contribution is 7.89. The third-order valence-electron chi connectivity index (χ3n) is 5.34. The largest absolute Gasteiger partial charge is 0.335 e. The van der Waals surface area contributed by atoms with E-state index in [9.17, 15) is 17.6 Å². The summed E-state index contributed by atoms with van der Waals surface area (Å²) in [7, 11) is -2.07. The highest BCUT2D eigenvalue weighted by Crippen LogP contribution is 2.26. The van der Waals surface area contributed by atoms with Gasteiger partial charge in [-0.25, -0.2) is 17.9 Å². The van der Waals surface area contributed by atoms with Crippen molar-refractivity contribution >= 4 is 15.9 Å². The van der Waals surface area contributed by atoms with Crippen LogP contribution in [-0.2, 0) is 10.0 Å². The van der Waals surface area contributed by atoms with Crippen molar-refractivity contribution in [3.63, 3.8) is 0 Å². The van der Waals surface area contributed by atoms with Crippen LogP contribution in [0.15, 0.2) is 59.5 Å². The smallest absolute Gasteiger partial charge is 0.255 e. The number of hydrogen-bond acceptors (Lipinski definition) is 3. The molecular formula is C22H24FN3O3S. The Kier molecular flexibility index (Phi) is 5.83. The van der Waals surface area contributed by atoms with Crippen LogP contribution in [0.3, 0.4) is 0 Å². The number of sulfonamides is 1. The second-order valence-corrected chi connectivity index (χ2v) is 8.86. The van der Waals surface area contributed by atoms with Crippen LogP contribution in [0.25, 0.3) is 5.69 Å². The molecule has 3 rings (SSSR count). The lowest BCUT2D eigenvalue weighted by Gasteiger charge is -2.25. The molecule has 2 aromatic carbocycles. The molecular weight excluding hydrogens is 405 g/mol. The van der Waals surface area contributed by atoms with Crippen LogP contribution in [-0.4, -0.2) is 30.8 Å². The summed E-state index contributed by atoms with van der Waals surface area (Å²) in [5.41, 5.74) is 3.73. The number of aromatic nitrogens is 1. The van der Waals surface area contributed by atoms with Gasteiger partial charge in [0.1, 0.15) is 5.82 Å². The van der Waals surface area contributed by atoms with Crippen molar-refractivity contribution < 1.29 is 17.6 Å². The van der Waals surface area contributed by atoms with Crippen LogP contribution in [0, 0.1) is 19.7 Å². The maximum Gasteiger partial charge on any atom is 0.255 e. The van der Waals surface area contributed by atoms with Crippen LogP contribution in [0.4, 0.5) is 4.39 Å². The fourth-order valence-electron chi connectivity index (χ4n) is 3.49.